The van der Waals surface area contributed by atoms with Crippen molar-refractivity contribution < 1.29 is 4.84 Å². The molecule has 1 N–H and O–H groups in total. The SMILES string of the molecule is CONC(=CCc1ccc(Cl)cc1)C(C)n1cncn1. The maximum Gasteiger partial charge on any atom is 0.137 e. The smallest absolute Gasteiger partial charge is 0.137 e. The van der Waals surface area contributed by atoms with Gasteiger partial charge in [0.25, 0.3) is 0 Å². The van der Waals surface area contributed by atoms with E-state index in [9.17, 15) is 0 Å². The van der Waals surface area contributed by atoms with Gasteiger partial charge in [-0.25, -0.2) is 9.67 Å². The first-order valence-corrected chi connectivity index (χ1v) is 6.66. The van der Waals surface area contributed by atoms with Crippen molar-refractivity contribution in [2.45, 2.75) is 19.4 Å². The Hall–Kier alpha value is -1.85. The van der Waals surface area contributed by atoms with Crippen molar-refractivity contribution in [1.82, 2.24) is 20.2 Å². The molecule has 1 atom stereocenters. The second-order valence-electron chi connectivity index (χ2n) is 4.35. The fourth-order valence-corrected chi connectivity index (χ4v) is 1.95. The first-order chi connectivity index (χ1) is 9.70. The number of hydrogen-bond donors (Lipinski definition) is 1. The largest absolute Gasteiger partial charge is 0.280 e. The van der Waals surface area contributed by atoms with Gasteiger partial charge in [0.15, 0.2) is 0 Å². The van der Waals surface area contributed by atoms with Crippen molar-refractivity contribution in [3.63, 3.8) is 0 Å². The van der Waals surface area contributed by atoms with Gasteiger partial charge < -0.3 is 0 Å². The van der Waals surface area contributed by atoms with Crippen LogP contribution in [0.3, 0.4) is 0 Å². The summed E-state index contributed by atoms with van der Waals surface area (Å²) in [5, 5.41) is 4.88. The molecule has 1 unspecified atom stereocenters. The van der Waals surface area contributed by atoms with Gasteiger partial charge in [-0.3, -0.25) is 10.3 Å². The van der Waals surface area contributed by atoms with E-state index in [4.69, 9.17) is 16.4 Å². The van der Waals surface area contributed by atoms with Crippen molar-refractivity contribution in [2.24, 2.45) is 0 Å². The highest BCUT2D eigenvalue weighted by atomic mass is 35.5. The maximum absolute atomic E-state index is 5.88. The Morgan fingerprint density at radius 2 is 2.20 bits per heavy atom. The van der Waals surface area contributed by atoms with Gasteiger partial charge in [0.05, 0.1) is 18.8 Å². The molecule has 2 rings (SSSR count). The molecular weight excluding hydrogens is 276 g/mol. The van der Waals surface area contributed by atoms with Crippen molar-refractivity contribution in [2.75, 3.05) is 7.11 Å². The summed E-state index contributed by atoms with van der Waals surface area (Å²) >= 11 is 5.88. The zero-order valence-electron chi connectivity index (χ0n) is 11.5. The molecule has 106 valence electrons. The molecule has 0 spiro atoms. The van der Waals surface area contributed by atoms with Crippen LogP contribution in [0, 0.1) is 0 Å². The lowest BCUT2D eigenvalue weighted by atomic mass is 10.1. The van der Waals surface area contributed by atoms with E-state index in [1.54, 1.807) is 18.1 Å². The highest BCUT2D eigenvalue weighted by Gasteiger charge is 2.11. The third-order valence-corrected chi connectivity index (χ3v) is 3.23. The monoisotopic (exact) mass is 292 g/mol. The summed E-state index contributed by atoms with van der Waals surface area (Å²) in [5.74, 6) is 0. The van der Waals surface area contributed by atoms with Crippen LogP contribution in [0.15, 0.2) is 48.7 Å². The van der Waals surface area contributed by atoms with E-state index in [0.717, 1.165) is 17.1 Å². The third kappa shape index (κ3) is 3.82. The quantitative estimate of drug-likeness (QED) is 0.832. The van der Waals surface area contributed by atoms with Gasteiger partial charge >= 0.3 is 0 Å². The summed E-state index contributed by atoms with van der Waals surface area (Å²) in [6.07, 6.45) is 6.04. The zero-order valence-corrected chi connectivity index (χ0v) is 12.2. The molecule has 1 aromatic heterocycles. The summed E-state index contributed by atoms with van der Waals surface area (Å²) in [5.41, 5.74) is 5.00. The Balaban J connectivity index is 2.11. The van der Waals surface area contributed by atoms with Crippen LogP contribution in [-0.4, -0.2) is 21.9 Å². The third-order valence-electron chi connectivity index (χ3n) is 2.97. The van der Waals surface area contributed by atoms with Crippen molar-refractivity contribution in [3.05, 3.63) is 59.3 Å². The number of allylic oxidation sites excluding steroid dienone is 2. The predicted molar refractivity (Wildman–Crippen MR) is 78.1 cm³/mol. The van der Waals surface area contributed by atoms with Crippen LogP contribution in [0.25, 0.3) is 0 Å². The Bertz CT molecular complexity index is 551. The molecule has 0 saturated carbocycles. The Morgan fingerprint density at radius 1 is 1.45 bits per heavy atom. The highest BCUT2D eigenvalue weighted by molar-refractivity contribution is 6.30. The van der Waals surface area contributed by atoms with E-state index in [0.29, 0.717) is 0 Å². The van der Waals surface area contributed by atoms with Gasteiger partial charge in [-0.05, 0) is 31.0 Å². The number of hydroxylamine groups is 1. The van der Waals surface area contributed by atoms with Crippen LogP contribution in [-0.2, 0) is 11.3 Å². The molecule has 0 aliphatic heterocycles. The Kier molecular flexibility index (Phi) is 5.15. The van der Waals surface area contributed by atoms with Gasteiger partial charge in [0.2, 0.25) is 0 Å². The lowest BCUT2D eigenvalue weighted by Gasteiger charge is -2.16. The second kappa shape index (κ2) is 7.07. The van der Waals surface area contributed by atoms with Crippen LogP contribution in [0.2, 0.25) is 5.02 Å². The maximum atomic E-state index is 5.88. The van der Waals surface area contributed by atoms with E-state index in [1.165, 1.54) is 11.9 Å². The molecule has 0 aliphatic carbocycles. The summed E-state index contributed by atoms with van der Waals surface area (Å²) in [7, 11) is 1.59. The molecule has 1 aromatic carbocycles. The van der Waals surface area contributed by atoms with E-state index in [-0.39, 0.29) is 6.04 Å². The van der Waals surface area contributed by atoms with Crippen LogP contribution >= 0.6 is 11.6 Å². The van der Waals surface area contributed by atoms with Crippen LogP contribution in [0.4, 0.5) is 0 Å². The fraction of sp³-hybridized carbons (Fsp3) is 0.286. The number of hydrogen-bond acceptors (Lipinski definition) is 4. The zero-order chi connectivity index (χ0) is 14.4. The van der Waals surface area contributed by atoms with E-state index >= 15 is 0 Å². The standard InChI is InChI=1S/C14H17ClN4O/c1-11(19-10-16-9-17-19)14(18-20-2)8-5-12-3-6-13(15)7-4-12/h3-4,6-11,18H,5H2,1-2H3. The number of halogens is 1. The van der Waals surface area contributed by atoms with E-state index < -0.39 is 0 Å². The minimum atomic E-state index is 0.0183. The van der Waals surface area contributed by atoms with E-state index in [1.807, 2.05) is 31.2 Å². The first kappa shape index (κ1) is 14.6. The molecule has 0 radical (unpaired) electrons. The van der Waals surface area contributed by atoms with Gasteiger partial charge in [-0.15, -0.1) is 0 Å². The fourth-order valence-electron chi connectivity index (χ4n) is 1.82. The average molecular weight is 293 g/mol. The Morgan fingerprint density at radius 3 is 2.80 bits per heavy atom. The summed E-state index contributed by atoms with van der Waals surface area (Å²) in [6, 6.07) is 7.79. The number of nitrogens with one attached hydrogen (secondary N) is 1. The molecule has 0 fully saturated rings. The molecule has 2 aromatic rings. The average Bonchev–Trinajstić information content (AvgIpc) is 2.98. The first-order valence-electron chi connectivity index (χ1n) is 6.28. The van der Waals surface area contributed by atoms with Crippen LogP contribution < -0.4 is 5.48 Å². The lowest BCUT2D eigenvalue weighted by molar-refractivity contribution is 0.108. The number of rotatable bonds is 6. The van der Waals surface area contributed by atoms with Crippen molar-refractivity contribution >= 4 is 11.6 Å². The molecule has 0 saturated heterocycles. The Labute approximate surface area is 123 Å². The van der Waals surface area contributed by atoms with Gasteiger partial charge in [-0.1, -0.05) is 29.8 Å². The lowest BCUT2D eigenvalue weighted by Crippen LogP contribution is -2.21. The highest BCUT2D eigenvalue weighted by Crippen LogP contribution is 2.15. The summed E-state index contributed by atoms with van der Waals surface area (Å²) < 4.78 is 1.76. The van der Waals surface area contributed by atoms with Crippen molar-refractivity contribution in [3.8, 4) is 0 Å². The molecule has 0 amide bonds. The van der Waals surface area contributed by atoms with E-state index in [2.05, 4.69) is 21.6 Å². The van der Waals surface area contributed by atoms with Crippen LogP contribution in [0.1, 0.15) is 18.5 Å². The number of aromatic nitrogens is 3. The molecule has 0 aliphatic rings. The normalized spacial score (nSPS) is 13.2. The minimum Gasteiger partial charge on any atom is -0.280 e. The van der Waals surface area contributed by atoms with Gasteiger partial charge in [0, 0.05) is 5.02 Å². The molecular formula is C14H17ClN4O. The minimum absolute atomic E-state index is 0.0183. The molecule has 5 nitrogen and oxygen atoms in total. The van der Waals surface area contributed by atoms with Gasteiger partial charge in [-0.2, -0.15) is 5.10 Å². The second-order valence-corrected chi connectivity index (χ2v) is 4.78. The van der Waals surface area contributed by atoms with Crippen LogP contribution in [0.5, 0.6) is 0 Å². The topological polar surface area (TPSA) is 52.0 Å². The number of nitrogens with zero attached hydrogens (tertiary/aromatic N) is 3. The van der Waals surface area contributed by atoms with Gasteiger partial charge in [0.1, 0.15) is 12.7 Å². The molecule has 6 heteroatoms. The summed E-state index contributed by atoms with van der Waals surface area (Å²) in [6.45, 7) is 2.02. The molecule has 1 heterocycles. The summed E-state index contributed by atoms with van der Waals surface area (Å²) in [4.78, 5) is 8.98. The predicted octanol–water partition coefficient (Wildman–Crippen LogP) is 2.77. The molecule has 20 heavy (non-hydrogen) atoms. The number of benzene rings is 1. The molecule has 0 bridgehead atoms. The van der Waals surface area contributed by atoms with Crippen molar-refractivity contribution in [1.29, 1.82) is 0 Å².